The summed E-state index contributed by atoms with van der Waals surface area (Å²) in [5.41, 5.74) is -0.549. The molecule has 5 heteroatoms. The summed E-state index contributed by atoms with van der Waals surface area (Å²) in [6.07, 6.45) is 12.8. The van der Waals surface area contributed by atoms with E-state index in [4.69, 9.17) is 4.74 Å². The lowest BCUT2D eigenvalue weighted by Crippen LogP contribution is -2.61. The van der Waals surface area contributed by atoms with Gasteiger partial charge in [-0.3, -0.25) is 4.79 Å². The Balaban J connectivity index is 1.76. The average molecular weight is 468 g/mol. The van der Waals surface area contributed by atoms with E-state index >= 15 is 0 Å². The van der Waals surface area contributed by atoms with Crippen molar-refractivity contribution in [3.8, 4) is 0 Å². The van der Waals surface area contributed by atoms with Gasteiger partial charge in [-0.15, -0.1) is 0 Å². The number of hydrogen-bond acceptors (Lipinski definition) is 4. The highest BCUT2D eigenvalue weighted by molar-refractivity contribution is 7.13. The second-order valence-corrected chi connectivity index (χ2v) is 12.4. The quantitative estimate of drug-likeness (QED) is 0.309. The molecular weight excluding hydrogens is 417 g/mol. The number of ether oxygens (including phenoxy) is 1. The van der Waals surface area contributed by atoms with E-state index in [0.29, 0.717) is 17.6 Å². The normalized spacial score (nSPS) is 44.2. The van der Waals surface area contributed by atoms with E-state index < -0.39 is 11.5 Å². The number of Topliss-reactive ketones (excluding diaryl/α,β-unsaturated/α-hetero) is 1. The molecule has 0 amide bonds. The first-order valence-corrected chi connectivity index (χ1v) is 13.9. The van der Waals surface area contributed by atoms with Crippen molar-refractivity contribution in [3.63, 3.8) is 0 Å². The molecule has 32 heavy (non-hydrogen) atoms. The first-order chi connectivity index (χ1) is 15.2. The number of ketones is 1. The summed E-state index contributed by atoms with van der Waals surface area (Å²) < 4.78 is 6.02. The fourth-order valence-corrected chi connectivity index (χ4v) is 8.35. The van der Waals surface area contributed by atoms with E-state index in [2.05, 4.69) is 42.2 Å². The third-order valence-corrected chi connectivity index (χ3v) is 10.8. The van der Waals surface area contributed by atoms with Crippen molar-refractivity contribution in [2.24, 2.45) is 34.0 Å². The first kappa shape index (κ1) is 26.6. The van der Waals surface area contributed by atoms with Gasteiger partial charge in [-0.05, 0) is 74.2 Å². The maximum atomic E-state index is 14.1. The lowest BCUT2D eigenvalue weighted by molar-refractivity contribution is -0.179. The lowest BCUT2D eigenvalue weighted by Gasteiger charge is -2.61. The molecule has 0 spiro atoms. The summed E-state index contributed by atoms with van der Waals surface area (Å²) in [5, 5.41) is 14.8. The standard InChI is InChI=1S/C27H50NO3P/c1-19-12-15-27-16-13-21(31-5)23(27)26(19,4)18-22(29)25(3,24(30)20(27)2)14-10-8-6-7-9-11-17-28-32/h19-23,28-29H,6-18,32H2,1-5H3/t19?,20-,21+,22-,23-,25-,26+,27-/m0/s1. The molecule has 3 fully saturated rings. The molecule has 0 aliphatic heterocycles. The highest BCUT2D eigenvalue weighted by atomic mass is 31.0. The van der Waals surface area contributed by atoms with Crippen LogP contribution in [0.3, 0.4) is 0 Å². The molecule has 4 nitrogen and oxygen atoms in total. The molecule has 0 aromatic heterocycles. The summed E-state index contributed by atoms with van der Waals surface area (Å²) in [4.78, 5) is 14.1. The van der Waals surface area contributed by atoms with Crippen molar-refractivity contribution in [1.82, 2.24) is 5.09 Å². The molecule has 0 aromatic carbocycles. The minimum absolute atomic E-state index is 0.00108. The maximum Gasteiger partial charge on any atom is 0.144 e. The second-order valence-electron chi connectivity index (χ2n) is 12.0. The zero-order chi connectivity index (χ0) is 23.6. The fraction of sp³-hybridized carbons (Fsp3) is 0.963. The van der Waals surface area contributed by atoms with Crippen LogP contribution in [0.2, 0.25) is 0 Å². The Morgan fingerprint density at radius 3 is 2.34 bits per heavy atom. The van der Waals surface area contributed by atoms with Crippen molar-refractivity contribution < 1.29 is 14.6 Å². The number of rotatable bonds is 10. The van der Waals surface area contributed by atoms with Crippen LogP contribution >= 0.6 is 9.39 Å². The Hall–Kier alpha value is -0.0200. The fourth-order valence-electron chi connectivity index (χ4n) is 8.15. The van der Waals surface area contributed by atoms with Crippen LogP contribution < -0.4 is 5.09 Å². The summed E-state index contributed by atoms with van der Waals surface area (Å²) in [5.74, 6) is 1.25. The number of unbranched alkanes of at least 4 members (excludes halogenated alkanes) is 5. The monoisotopic (exact) mass is 467 g/mol. The number of hydrogen-bond donors (Lipinski definition) is 2. The van der Waals surface area contributed by atoms with Gasteiger partial charge in [0.15, 0.2) is 0 Å². The average Bonchev–Trinajstić information content (AvgIpc) is 3.17. The number of methoxy groups -OCH3 is 1. The van der Waals surface area contributed by atoms with Crippen molar-refractivity contribution in [2.75, 3.05) is 13.7 Å². The van der Waals surface area contributed by atoms with Crippen molar-refractivity contribution in [2.45, 2.75) is 117 Å². The van der Waals surface area contributed by atoms with Crippen LogP contribution in [0.4, 0.5) is 0 Å². The van der Waals surface area contributed by atoms with Crippen LogP contribution in [0.15, 0.2) is 0 Å². The molecular formula is C27H50NO3P. The lowest BCUT2D eigenvalue weighted by atomic mass is 9.44. The maximum absolute atomic E-state index is 14.1. The minimum atomic E-state index is -0.621. The molecule has 0 radical (unpaired) electrons. The van der Waals surface area contributed by atoms with Crippen LogP contribution in [0.25, 0.3) is 0 Å². The number of aliphatic hydroxyl groups excluding tert-OH is 1. The van der Waals surface area contributed by atoms with E-state index in [1.54, 1.807) is 0 Å². The first-order valence-electron chi connectivity index (χ1n) is 13.4. The van der Waals surface area contributed by atoms with Crippen LogP contribution in [0, 0.1) is 34.0 Å². The Bertz CT molecular complexity index is 644. The third-order valence-electron chi connectivity index (χ3n) is 10.5. The molecule has 3 aliphatic carbocycles. The van der Waals surface area contributed by atoms with Crippen molar-refractivity contribution >= 4 is 15.2 Å². The van der Waals surface area contributed by atoms with E-state index in [9.17, 15) is 9.90 Å². The summed E-state index contributed by atoms with van der Waals surface area (Å²) in [7, 11) is 4.41. The highest BCUT2D eigenvalue weighted by Crippen LogP contribution is 2.68. The molecule has 3 saturated carbocycles. The molecule has 0 saturated heterocycles. The van der Waals surface area contributed by atoms with Gasteiger partial charge in [0, 0.05) is 13.0 Å². The Morgan fingerprint density at radius 2 is 1.69 bits per heavy atom. The zero-order valence-corrected chi connectivity index (χ0v) is 22.6. The smallest absolute Gasteiger partial charge is 0.144 e. The van der Waals surface area contributed by atoms with Crippen LogP contribution in [0.1, 0.15) is 105 Å². The van der Waals surface area contributed by atoms with Gasteiger partial charge in [0.05, 0.1) is 17.6 Å². The summed E-state index contributed by atoms with van der Waals surface area (Å²) in [6.45, 7) is 10.1. The number of nitrogens with one attached hydrogen (secondary N) is 1. The van der Waals surface area contributed by atoms with E-state index in [0.717, 1.165) is 57.9 Å². The van der Waals surface area contributed by atoms with Gasteiger partial charge in [-0.1, -0.05) is 69.2 Å². The van der Waals surface area contributed by atoms with E-state index in [-0.39, 0.29) is 22.9 Å². The molecule has 2 unspecified atom stereocenters. The molecule has 3 rings (SSSR count). The van der Waals surface area contributed by atoms with Gasteiger partial charge in [-0.2, -0.15) is 0 Å². The number of carbonyl (C=O) groups excluding carboxylic acids is 1. The van der Waals surface area contributed by atoms with E-state index in [1.165, 1.54) is 25.7 Å². The Kier molecular flexibility index (Phi) is 8.90. The predicted octanol–water partition coefficient (Wildman–Crippen LogP) is 5.92. The minimum Gasteiger partial charge on any atom is -0.392 e. The largest absolute Gasteiger partial charge is 0.392 e. The predicted molar refractivity (Wildman–Crippen MR) is 135 cm³/mol. The van der Waals surface area contributed by atoms with Crippen LogP contribution in [0.5, 0.6) is 0 Å². The molecule has 0 heterocycles. The molecule has 2 bridgehead atoms. The highest BCUT2D eigenvalue weighted by Gasteiger charge is 2.66. The van der Waals surface area contributed by atoms with E-state index in [1.807, 2.05) is 7.11 Å². The Labute approximate surface area is 199 Å². The van der Waals surface area contributed by atoms with Gasteiger partial charge in [0.1, 0.15) is 5.78 Å². The van der Waals surface area contributed by atoms with Crippen molar-refractivity contribution in [3.05, 3.63) is 0 Å². The molecule has 0 aromatic rings. The SMILES string of the molecule is CO[C@@H]1CC[C@@]23CCC(C)[C@@](C)(C[C@H](O)[C@](C)(CCCCCCCCNP)C(=O)[C@@H]2C)[C@H]13. The Morgan fingerprint density at radius 1 is 1.06 bits per heavy atom. The number of carbonyl (C=O) groups is 1. The van der Waals surface area contributed by atoms with Gasteiger partial charge >= 0.3 is 0 Å². The zero-order valence-electron chi connectivity index (χ0n) is 21.4. The molecule has 186 valence electrons. The van der Waals surface area contributed by atoms with Gasteiger partial charge in [-0.25, -0.2) is 0 Å². The van der Waals surface area contributed by atoms with Gasteiger partial charge in [0.2, 0.25) is 0 Å². The van der Waals surface area contributed by atoms with Gasteiger partial charge < -0.3 is 14.9 Å². The van der Waals surface area contributed by atoms with Crippen LogP contribution in [-0.4, -0.2) is 36.8 Å². The second kappa shape index (κ2) is 10.7. The molecule has 9 atom stereocenters. The molecule has 3 aliphatic rings. The topological polar surface area (TPSA) is 58.6 Å². The van der Waals surface area contributed by atoms with Crippen molar-refractivity contribution in [1.29, 1.82) is 0 Å². The third kappa shape index (κ3) is 4.60. The number of aliphatic hydroxyl groups is 1. The molecule has 2 N–H and O–H groups in total. The van der Waals surface area contributed by atoms with Crippen LogP contribution in [-0.2, 0) is 9.53 Å². The summed E-state index contributed by atoms with van der Waals surface area (Å²) in [6, 6.07) is 0. The summed E-state index contributed by atoms with van der Waals surface area (Å²) >= 11 is 0. The van der Waals surface area contributed by atoms with Gasteiger partial charge in [0.25, 0.3) is 0 Å².